The second-order valence-corrected chi connectivity index (χ2v) is 10.0. The highest BCUT2D eigenvalue weighted by molar-refractivity contribution is 6.32. The number of ether oxygens (including phenoxy) is 1. The Morgan fingerprint density at radius 2 is 1.83 bits per heavy atom. The summed E-state index contributed by atoms with van der Waals surface area (Å²) in [4.78, 5) is 38.4. The van der Waals surface area contributed by atoms with Crippen LogP contribution in [0.4, 0.5) is 4.39 Å². The molecule has 0 aromatic heterocycles. The van der Waals surface area contributed by atoms with Crippen molar-refractivity contribution in [1.29, 1.82) is 0 Å². The van der Waals surface area contributed by atoms with Gasteiger partial charge in [-0.05, 0) is 54.2 Å². The van der Waals surface area contributed by atoms with Gasteiger partial charge in [0.15, 0.2) is 0 Å². The second kappa shape index (κ2) is 11.6. The molecule has 1 unspecified atom stereocenters. The molecule has 2 aromatic rings. The second-order valence-electron chi connectivity index (χ2n) is 9.21. The molecule has 4 rings (SSSR count). The summed E-state index contributed by atoms with van der Waals surface area (Å²) in [5.41, 5.74) is 1.40. The van der Waals surface area contributed by atoms with Crippen molar-refractivity contribution in [1.82, 2.24) is 9.80 Å². The standard InChI is InChI=1S/C26H27Cl2FN2O5/c27-19-5-4-18(12-21(19)29)22(13-26(34)35)30(14-16-1-2-16)15-17-3-6-23(20(28)11-17)36-10-9-31-24(32)7-8-25(31)33/h3-6,11-12,16,22H,1-2,7-10,13-15H2,(H,34,35). The Labute approximate surface area is 218 Å². The Morgan fingerprint density at radius 3 is 2.44 bits per heavy atom. The number of carbonyl (C=O) groups is 3. The first kappa shape index (κ1) is 26.4. The molecule has 1 aliphatic heterocycles. The van der Waals surface area contributed by atoms with E-state index < -0.39 is 17.8 Å². The van der Waals surface area contributed by atoms with E-state index in [-0.39, 0.29) is 49.3 Å². The Balaban J connectivity index is 1.47. The van der Waals surface area contributed by atoms with E-state index in [4.69, 9.17) is 27.9 Å². The highest BCUT2D eigenvalue weighted by atomic mass is 35.5. The van der Waals surface area contributed by atoms with Crippen LogP contribution in [-0.4, -0.2) is 52.4 Å². The normalized spacial score (nSPS) is 16.6. The first-order valence-electron chi connectivity index (χ1n) is 11.9. The minimum absolute atomic E-state index is 0.0117. The first-order valence-corrected chi connectivity index (χ1v) is 12.6. The van der Waals surface area contributed by atoms with Crippen LogP contribution in [-0.2, 0) is 20.9 Å². The molecule has 1 saturated heterocycles. The molecular weight excluding hydrogens is 510 g/mol. The van der Waals surface area contributed by atoms with Crippen LogP contribution in [0, 0.1) is 11.7 Å². The van der Waals surface area contributed by atoms with Crippen LogP contribution in [0.2, 0.25) is 10.0 Å². The van der Waals surface area contributed by atoms with Gasteiger partial charge in [0.05, 0.1) is 23.0 Å². The third kappa shape index (κ3) is 6.75. The number of nitrogens with zero attached hydrogens (tertiary/aromatic N) is 2. The molecule has 36 heavy (non-hydrogen) atoms. The van der Waals surface area contributed by atoms with Gasteiger partial charge in [-0.25, -0.2) is 4.39 Å². The summed E-state index contributed by atoms with van der Waals surface area (Å²) in [5, 5.41) is 9.93. The maximum atomic E-state index is 14.2. The van der Waals surface area contributed by atoms with Gasteiger partial charge in [0.2, 0.25) is 11.8 Å². The molecule has 1 atom stereocenters. The number of carboxylic acid groups (broad SMARTS) is 1. The van der Waals surface area contributed by atoms with E-state index in [0.29, 0.717) is 35.3 Å². The number of imide groups is 1. The Kier molecular flexibility index (Phi) is 8.49. The van der Waals surface area contributed by atoms with Crippen molar-refractivity contribution in [3.05, 3.63) is 63.4 Å². The lowest BCUT2D eigenvalue weighted by Crippen LogP contribution is -2.33. The van der Waals surface area contributed by atoms with Crippen molar-refractivity contribution >= 4 is 41.0 Å². The fraction of sp³-hybridized carbons (Fsp3) is 0.423. The van der Waals surface area contributed by atoms with Gasteiger partial charge in [-0.2, -0.15) is 0 Å². The maximum Gasteiger partial charge on any atom is 0.305 e. The number of amides is 2. The minimum atomic E-state index is -0.979. The number of carboxylic acids is 1. The first-order chi connectivity index (χ1) is 17.2. The highest BCUT2D eigenvalue weighted by Gasteiger charge is 2.31. The van der Waals surface area contributed by atoms with Crippen LogP contribution in [0.1, 0.15) is 49.3 Å². The van der Waals surface area contributed by atoms with Gasteiger partial charge in [0.25, 0.3) is 0 Å². The van der Waals surface area contributed by atoms with Gasteiger partial charge in [0.1, 0.15) is 18.2 Å². The van der Waals surface area contributed by atoms with E-state index in [0.717, 1.165) is 18.4 Å². The smallest absolute Gasteiger partial charge is 0.305 e. The lowest BCUT2D eigenvalue weighted by Gasteiger charge is -2.32. The number of hydrogen-bond acceptors (Lipinski definition) is 5. The molecule has 192 valence electrons. The summed E-state index contributed by atoms with van der Waals surface area (Å²) in [6, 6.07) is 9.18. The van der Waals surface area contributed by atoms with Gasteiger partial charge in [-0.3, -0.25) is 24.2 Å². The lowest BCUT2D eigenvalue weighted by molar-refractivity contribution is -0.140. The van der Waals surface area contributed by atoms with Crippen LogP contribution in [0.5, 0.6) is 5.75 Å². The molecule has 0 spiro atoms. The molecule has 1 heterocycles. The SMILES string of the molecule is O=C(O)CC(c1ccc(Cl)c(F)c1)N(Cc1ccc(OCCN2C(=O)CCC2=O)c(Cl)c1)CC1CC1. The quantitative estimate of drug-likeness (QED) is 0.380. The van der Waals surface area contributed by atoms with Crippen molar-refractivity contribution in [3.8, 4) is 5.75 Å². The maximum absolute atomic E-state index is 14.2. The highest BCUT2D eigenvalue weighted by Crippen LogP contribution is 2.36. The van der Waals surface area contributed by atoms with Gasteiger partial charge in [-0.1, -0.05) is 35.3 Å². The number of benzene rings is 2. The van der Waals surface area contributed by atoms with Crippen molar-refractivity contribution in [2.24, 2.45) is 5.92 Å². The summed E-state index contributed by atoms with van der Waals surface area (Å²) in [6.07, 6.45) is 2.42. The van der Waals surface area contributed by atoms with E-state index >= 15 is 0 Å². The lowest BCUT2D eigenvalue weighted by atomic mass is 10.00. The van der Waals surface area contributed by atoms with Crippen molar-refractivity contribution in [2.45, 2.75) is 44.7 Å². The summed E-state index contributed by atoms with van der Waals surface area (Å²) in [6.45, 7) is 1.39. The Morgan fingerprint density at radius 1 is 1.11 bits per heavy atom. The molecule has 2 fully saturated rings. The van der Waals surface area contributed by atoms with E-state index in [1.54, 1.807) is 18.2 Å². The zero-order valence-electron chi connectivity index (χ0n) is 19.6. The third-order valence-electron chi connectivity index (χ3n) is 6.44. The van der Waals surface area contributed by atoms with Crippen LogP contribution >= 0.6 is 23.2 Å². The van der Waals surface area contributed by atoms with Gasteiger partial charge < -0.3 is 9.84 Å². The molecule has 2 aromatic carbocycles. The predicted molar refractivity (Wildman–Crippen MR) is 132 cm³/mol. The van der Waals surface area contributed by atoms with E-state index in [1.165, 1.54) is 17.0 Å². The number of halogens is 3. The van der Waals surface area contributed by atoms with Crippen LogP contribution in [0.15, 0.2) is 36.4 Å². The summed E-state index contributed by atoms with van der Waals surface area (Å²) in [7, 11) is 0. The predicted octanol–water partition coefficient (Wildman–Crippen LogP) is 5.09. The summed E-state index contributed by atoms with van der Waals surface area (Å²) >= 11 is 12.3. The van der Waals surface area contributed by atoms with Crippen molar-refractivity contribution in [2.75, 3.05) is 19.7 Å². The molecule has 0 radical (unpaired) electrons. The number of aliphatic carboxylic acids is 1. The van der Waals surface area contributed by atoms with Gasteiger partial charge in [-0.15, -0.1) is 0 Å². The average Bonchev–Trinajstić information content (AvgIpc) is 3.59. The summed E-state index contributed by atoms with van der Waals surface area (Å²) < 4.78 is 19.9. The molecule has 7 nitrogen and oxygen atoms in total. The molecule has 0 bridgehead atoms. The van der Waals surface area contributed by atoms with Crippen molar-refractivity contribution in [3.63, 3.8) is 0 Å². The fourth-order valence-corrected chi connectivity index (χ4v) is 4.77. The average molecular weight is 537 g/mol. The monoisotopic (exact) mass is 536 g/mol. The number of rotatable bonds is 12. The topological polar surface area (TPSA) is 87.2 Å². The number of hydrogen-bond donors (Lipinski definition) is 1. The van der Waals surface area contributed by atoms with Crippen LogP contribution < -0.4 is 4.74 Å². The zero-order chi connectivity index (χ0) is 25.8. The molecule has 1 aliphatic carbocycles. The van der Waals surface area contributed by atoms with Crippen LogP contribution in [0.3, 0.4) is 0 Å². The zero-order valence-corrected chi connectivity index (χ0v) is 21.1. The Hall–Kier alpha value is -2.68. The Bertz CT molecular complexity index is 1140. The largest absolute Gasteiger partial charge is 0.490 e. The van der Waals surface area contributed by atoms with E-state index in [9.17, 15) is 23.9 Å². The molecular formula is C26H27Cl2FN2O5. The number of likely N-dealkylation sites (tertiary alicyclic amines) is 1. The third-order valence-corrected chi connectivity index (χ3v) is 7.04. The van der Waals surface area contributed by atoms with E-state index in [1.807, 2.05) is 11.0 Å². The molecule has 1 saturated carbocycles. The molecule has 2 aliphatic rings. The number of carbonyl (C=O) groups excluding carboxylic acids is 2. The van der Waals surface area contributed by atoms with Gasteiger partial charge >= 0.3 is 5.97 Å². The fourth-order valence-electron chi connectivity index (χ4n) is 4.39. The van der Waals surface area contributed by atoms with E-state index in [2.05, 4.69) is 0 Å². The van der Waals surface area contributed by atoms with Gasteiger partial charge in [0, 0.05) is 32.0 Å². The molecule has 10 heteroatoms. The summed E-state index contributed by atoms with van der Waals surface area (Å²) in [5.74, 6) is -1.07. The van der Waals surface area contributed by atoms with Crippen LogP contribution in [0.25, 0.3) is 0 Å². The minimum Gasteiger partial charge on any atom is -0.490 e. The molecule has 2 amide bonds. The van der Waals surface area contributed by atoms with Crippen molar-refractivity contribution < 1.29 is 28.6 Å². The molecule has 1 N–H and O–H groups in total.